The Morgan fingerprint density at radius 3 is 2.57 bits per heavy atom. The van der Waals surface area contributed by atoms with E-state index in [9.17, 15) is 14.0 Å². The Morgan fingerprint density at radius 1 is 1.22 bits per heavy atom. The molecule has 0 spiro atoms. The number of rotatable bonds is 3. The number of carbonyl (C=O) groups is 2. The SMILES string of the molecule is CC(=O)C(C)N1C(=O)C(c2ccccc2)Nc2cc(F)ccc21. The summed E-state index contributed by atoms with van der Waals surface area (Å²) in [5.74, 6) is -0.742. The molecule has 2 aromatic rings. The van der Waals surface area contributed by atoms with Crippen molar-refractivity contribution in [1.29, 1.82) is 0 Å². The molecule has 3 rings (SSSR count). The zero-order valence-electron chi connectivity index (χ0n) is 12.9. The van der Waals surface area contributed by atoms with Gasteiger partial charge >= 0.3 is 0 Å². The number of nitrogens with one attached hydrogen (secondary N) is 1. The quantitative estimate of drug-likeness (QED) is 0.946. The minimum Gasteiger partial charge on any atom is -0.368 e. The molecular formula is C18H17FN2O2. The van der Waals surface area contributed by atoms with Crippen molar-refractivity contribution in [3.63, 3.8) is 0 Å². The molecule has 2 aromatic carbocycles. The Hall–Kier alpha value is -2.69. The molecule has 2 unspecified atom stereocenters. The number of fused-ring (bicyclic) bond motifs is 1. The first kappa shape index (κ1) is 15.2. The van der Waals surface area contributed by atoms with E-state index in [-0.39, 0.29) is 11.7 Å². The van der Waals surface area contributed by atoms with Crippen LogP contribution in [0.25, 0.3) is 0 Å². The minimum atomic E-state index is -0.646. The maximum absolute atomic E-state index is 13.6. The summed E-state index contributed by atoms with van der Waals surface area (Å²) in [6.45, 7) is 3.13. The number of Topliss-reactive ketones (excluding diaryl/α,β-unsaturated/α-hetero) is 1. The topological polar surface area (TPSA) is 49.4 Å². The smallest absolute Gasteiger partial charge is 0.254 e. The van der Waals surface area contributed by atoms with Gasteiger partial charge in [0, 0.05) is 0 Å². The summed E-state index contributed by atoms with van der Waals surface area (Å²) in [6, 6.07) is 12.1. The number of ketones is 1. The van der Waals surface area contributed by atoms with Gasteiger partial charge in [0.05, 0.1) is 17.4 Å². The Kier molecular flexibility index (Phi) is 3.86. The van der Waals surface area contributed by atoms with E-state index < -0.39 is 17.9 Å². The third-order valence-corrected chi connectivity index (χ3v) is 4.11. The van der Waals surface area contributed by atoms with Crippen LogP contribution in [-0.4, -0.2) is 17.7 Å². The average molecular weight is 312 g/mol. The monoisotopic (exact) mass is 312 g/mol. The molecule has 23 heavy (non-hydrogen) atoms. The molecule has 1 aliphatic rings. The fourth-order valence-corrected chi connectivity index (χ4v) is 2.76. The maximum Gasteiger partial charge on any atom is 0.254 e. The highest BCUT2D eigenvalue weighted by Crippen LogP contribution is 2.38. The van der Waals surface area contributed by atoms with Crippen molar-refractivity contribution in [2.24, 2.45) is 0 Å². The second-order valence-corrected chi connectivity index (χ2v) is 5.64. The predicted molar refractivity (Wildman–Crippen MR) is 86.8 cm³/mol. The highest BCUT2D eigenvalue weighted by atomic mass is 19.1. The predicted octanol–water partition coefficient (Wildman–Crippen LogP) is 3.30. The number of amides is 1. The summed E-state index contributed by atoms with van der Waals surface area (Å²) in [4.78, 5) is 26.2. The summed E-state index contributed by atoms with van der Waals surface area (Å²) < 4.78 is 13.6. The van der Waals surface area contributed by atoms with Gasteiger partial charge in [0.25, 0.3) is 5.91 Å². The summed E-state index contributed by atoms with van der Waals surface area (Å²) >= 11 is 0. The van der Waals surface area contributed by atoms with Gasteiger partial charge in [-0.15, -0.1) is 0 Å². The Bertz CT molecular complexity index is 761. The van der Waals surface area contributed by atoms with Gasteiger partial charge in [0.2, 0.25) is 0 Å². The van der Waals surface area contributed by atoms with E-state index in [1.54, 1.807) is 6.92 Å². The van der Waals surface area contributed by atoms with Crippen LogP contribution in [0.5, 0.6) is 0 Å². The summed E-state index contributed by atoms with van der Waals surface area (Å²) in [7, 11) is 0. The fraction of sp³-hybridized carbons (Fsp3) is 0.222. The van der Waals surface area contributed by atoms with Gasteiger partial charge in [-0.1, -0.05) is 30.3 Å². The molecule has 1 aliphatic heterocycles. The van der Waals surface area contributed by atoms with Crippen molar-refractivity contribution in [3.8, 4) is 0 Å². The van der Waals surface area contributed by atoms with Crippen LogP contribution in [0.3, 0.4) is 0 Å². The number of hydrogen-bond donors (Lipinski definition) is 1. The molecule has 2 atom stereocenters. The van der Waals surface area contributed by atoms with Crippen LogP contribution >= 0.6 is 0 Å². The molecule has 1 heterocycles. The van der Waals surface area contributed by atoms with Gasteiger partial charge in [-0.25, -0.2) is 4.39 Å². The Labute approximate surface area is 133 Å². The Morgan fingerprint density at radius 2 is 1.91 bits per heavy atom. The molecular weight excluding hydrogens is 295 g/mol. The number of carbonyl (C=O) groups excluding carboxylic acids is 2. The number of halogens is 1. The lowest BCUT2D eigenvalue weighted by atomic mass is 9.99. The van der Waals surface area contributed by atoms with Crippen molar-refractivity contribution in [2.75, 3.05) is 10.2 Å². The zero-order valence-corrected chi connectivity index (χ0v) is 12.9. The normalized spacial score (nSPS) is 18.1. The van der Waals surface area contributed by atoms with Crippen molar-refractivity contribution >= 4 is 23.1 Å². The lowest BCUT2D eigenvalue weighted by Crippen LogP contribution is -2.49. The average Bonchev–Trinajstić information content (AvgIpc) is 2.54. The lowest BCUT2D eigenvalue weighted by molar-refractivity contribution is -0.124. The molecule has 0 aromatic heterocycles. The number of nitrogens with zero attached hydrogens (tertiary/aromatic N) is 1. The molecule has 0 bridgehead atoms. The Balaban J connectivity index is 2.11. The molecule has 0 saturated heterocycles. The van der Waals surface area contributed by atoms with Crippen LogP contribution in [0.15, 0.2) is 48.5 Å². The maximum atomic E-state index is 13.6. The van der Waals surface area contributed by atoms with Crippen molar-refractivity contribution in [3.05, 3.63) is 59.9 Å². The van der Waals surface area contributed by atoms with Crippen LogP contribution in [-0.2, 0) is 9.59 Å². The van der Waals surface area contributed by atoms with E-state index in [2.05, 4.69) is 5.32 Å². The van der Waals surface area contributed by atoms with Gasteiger partial charge < -0.3 is 5.32 Å². The molecule has 1 amide bonds. The molecule has 0 saturated carbocycles. The molecule has 0 aliphatic carbocycles. The van der Waals surface area contributed by atoms with Crippen LogP contribution in [0.2, 0.25) is 0 Å². The molecule has 118 valence electrons. The third kappa shape index (κ3) is 2.70. The molecule has 1 N–H and O–H groups in total. The largest absolute Gasteiger partial charge is 0.368 e. The first-order valence-corrected chi connectivity index (χ1v) is 7.43. The van der Waals surface area contributed by atoms with E-state index in [0.717, 1.165) is 5.56 Å². The standard InChI is InChI=1S/C18H17FN2O2/c1-11(12(2)22)21-16-9-8-14(19)10-15(16)20-17(18(21)23)13-6-4-3-5-7-13/h3-11,17,20H,1-2H3. The summed E-state index contributed by atoms with van der Waals surface area (Å²) in [5.41, 5.74) is 1.80. The van der Waals surface area contributed by atoms with Crippen LogP contribution in [0.1, 0.15) is 25.5 Å². The van der Waals surface area contributed by atoms with E-state index in [4.69, 9.17) is 0 Å². The van der Waals surface area contributed by atoms with Gasteiger partial charge in [-0.2, -0.15) is 0 Å². The van der Waals surface area contributed by atoms with E-state index >= 15 is 0 Å². The van der Waals surface area contributed by atoms with Crippen molar-refractivity contribution in [2.45, 2.75) is 25.9 Å². The van der Waals surface area contributed by atoms with Gasteiger partial charge in [-0.3, -0.25) is 14.5 Å². The van der Waals surface area contributed by atoms with Crippen LogP contribution in [0.4, 0.5) is 15.8 Å². The third-order valence-electron chi connectivity index (χ3n) is 4.11. The van der Waals surface area contributed by atoms with Crippen LogP contribution < -0.4 is 10.2 Å². The summed E-state index contributed by atoms with van der Waals surface area (Å²) in [5, 5.41) is 3.09. The first-order chi connectivity index (χ1) is 11.0. The molecule has 0 fully saturated rings. The first-order valence-electron chi connectivity index (χ1n) is 7.43. The minimum absolute atomic E-state index is 0.123. The van der Waals surface area contributed by atoms with E-state index in [1.165, 1.54) is 30.0 Å². The van der Waals surface area contributed by atoms with Crippen LogP contribution in [0, 0.1) is 5.82 Å². The molecule has 4 nitrogen and oxygen atoms in total. The van der Waals surface area contributed by atoms with E-state index in [0.29, 0.717) is 11.4 Å². The van der Waals surface area contributed by atoms with Crippen molar-refractivity contribution in [1.82, 2.24) is 0 Å². The number of anilines is 2. The second-order valence-electron chi connectivity index (χ2n) is 5.64. The second kappa shape index (κ2) is 5.83. The highest BCUT2D eigenvalue weighted by molar-refractivity contribution is 6.09. The van der Waals surface area contributed by atoms with Gasteiger partial charge in [-0.05, 0) is 37.6 Å². The number of benzene rings is 2. The lowest BCUT2D eigenvalue weighted by Gasteiger charge is -2.38. The van der Waals surface area contributed by atoms with Crippen molar-refractivity contribution < 1.29 is 14.0 Å². The summed E-state index contributed by atoms with van der Waals surface area (Å²) in [6.07, 6.45) is 0. The molecule has 5 heteroatoms. The fourth-order valence-electron chi connectivity index (χ4n) is 2.76. The molecule has 0 radical (unpaired) electrons. The number of hydrogen-bond acceptors (Lipinski definition) is 3. The highest BCUT2D eigenvalue weighted by Gasteiger charge is 2.37. The van der Waals surface area contributed by atoms with Gasteiger partial charge in [0.1, 0.15) is 11.9 Å². The zero-order chi connectivity index (χ0) is 16.6. The van der Waals surface area contributed by atoms with E-state index in [1.807, 2.05) is 30.3 Å². The van der Waals surface area contributed by atoms with Gasteiger partial charge in [0.15, 0.2) is 5.78 Å².